The quantitative estimate of drug-likeness (QED) is 0.816. The molecule has 1 aromatic rings. The maximum absolute atomic E-state index is 9.61. The number of rotatable bonds is 2. The highest BCUT2D eigenvalue weighted by molar-refractivity contribution is 7.99. The maximum Gasteiger partial charge on any atom is 0.0839 e. The van der Waals surface area contributed by atoms with Gasteiger partial charge in [0.15, 0.2) is 0 Å². The minimum absolute atomic E-state index is 0.125. The number of para-hydroxylation sites is 1. The van der Waals surface area contributed by atoms with Crippen LogP contribution in [-0.2, 0) is 0 Å². The fourth-order valence-electron chi connectivity index (χ4n) is 1.46. The zero-order valence-corrected chi connectivity index (χ0v) is 9.18. The minimum Gasteiger partial charge on any atom is -0.390 e. The van der Waals surface area contributed by atoms with Crippen LogP contribution in [0.1, 0.15) is 0 Å². The van der Waals surface area contributed by atoms with E-state index in [0.29, 0.717) is 5.02 Å². The Morgan fingerprint density at radius 3 is 2.79 bits per heavy atom. The zero-order chi connectivity index (χ0) is 9.97. The second kappa shape index (κ2) is 4.43. The Morgan fingerprint density at radius 1 is 1.36 bits per heavy atom. The van der Waals surface area contributed by atoms with E-state index >= 15 is 0 Å². The summed E-state index contributed by atoms with van der Waals surface area (Å²) < 4.78 is 0. The minimum atomic E-state index is -0.267. The number of anilines is 1. The maximum atomic E-state index is 9.61. The number of nitrogens with one attached hydrogen (secondary N) is 1. The average Bonchev–Trinajstić information content (AvgIpc) is 2.56. The molecule has 14 heavy (non-hydrogen) atoms. The second-order valence-electron chi connectivity index (χ2n) is 3.34. The van der Waals surface area contributed by atoms with E-state index in [4.69, 9.17) is 11.6 Å². The molecule has 2 N–H and O–H groups in total. The lowest BCUT2D eigenvalue weighted by molar-refractivity contribution is 0.190. The first-order valence-electron chi connectivity index (χ1n) is 4.54. The lowest BCUT2D eigenvalue weighted by Crippen LogP contribution is -2.31. The Balaban J connectivity index is 2.07. The van der Waals surface area contributed by atoms with Gasteiger partial charge in [0.2, 0.25) is 0 Å². The highest BCUT2D eigenvalue weighted by Crippen LogP contribution is 2.26. The summed E-state index contributed by atoms with van der Waals surface area (Å²) in [7, 11) is 0. The van der Waals surface area contributed by atoms with Gasteiger partial charge in [0.05, 0.1) is 22.9 Å². The number of hydrogen-bond donors (Lipinski definition) is 2. The van der Waals surface area contributed by atoms with Gasteiger partial charge in [-0.2, -0.15) is 11.8 Å². The fourth-order valence-corrected chi connectivity index (χ4v) is 2.82. The third kappa shape index (κ3) is 2.16. The van der Waals surface area contributed by atoms with Crippen molar-refractivity contribution in [3.05, 3.63) is 29.3 Å². The van der Waals surface area contributed by atoms with E-state index in [1.807, 2.05) is 24.3 Å². The van der Waals surface area contributed by atoms with Crippen molar-refractivity contribution in [2.75, 3.05) is 16.8 Å². The summed E-state index contributed by atoms with van der Waals surface area (Å²) in [6, 6.07) is 7.73. The summed E-state index contributed by atoms with van der Waals surface area (Å²) >= 11 is 7.76. The van der Waals surface area contributed by atoms with E-state index in [0.717, 1.165) is 17.2 Å². The highest BCUT2D eigenvalue weighted by Gasteiger charge is 2.25. The molecule has 1 heterocycles. The number of aliphatic hydroxyl groups excluding tert-OH is 1. The van der Waals surface area contributed by atoms with Gasteiger partial charge in [0.1, 0.15) is 0 Å². The van der Waals surface area contributed by atoms with Crippen LogP contribution in [0.25, 0.3) is 0 Å². The molecular formula is C10H12ClNOS. The monoisotopic (exact) mass is 229 g/mol. The van der Waals surface area contributed by atoms with Crippen molar-refractivity contribution < 1.29 is 5.11 Å². The molecule has 2 nitrogen and oxygen atoms in total. The van der Waals surface area contributed by atoms with E-state index in [1.165, 1.54) is 0 Å². The van der Waals surface area contributed by atoms with E-state index in [1.54, 1.807) is 11.8 Å². The predicted molar refractivity (Wildman–Crippen MR) is 62.2 cm³/mol. The van der Waals surface area contributed by atoms with Gasteiger partial charge in [-0.15, -0.1) is 0 Å². The van der Waals surface area contributed by atoms with Crippen molar-refractivity contribution in [2.45, 2.75) is 12.1 Å². The largest absolute Gasteiger partial charge is 0.390 e. The lowest BCUT2D eigenvalue weighted by Gasteiger charge is -2.17. The Bertz CT molecular complexity index is 321. The smallest absolute Gasteiger partial charge is 0.0839 e. The number of benzene rings is 1. The molecule has 1 aromatic carbocycles. The number of halogens is 1. The molecule has 0 radical (unpaired) electrons. The molecule has 0 bridgehead atoms. The molecule has 0 unspecified atom stereocenters. The van der Waals surface area contributed by atoms with Crippen molar-refractivity contribution >= 4 is 29.1 Å². The van der Waals surface area contributed by atoms with Crippen molar-refractivity contribution in [1.29, 1.82) is 0 Å². The summed E-state index contributed by atoms with van der Waals surface area (Å²) in [5, 5.41) is 13.6. The van der Waals surface area contributed by atoms with Crippen LogP contribution in [-0.4, -0.2) is 28.8 Å². The van der Waals surface area contributed by atoms with Crippen LogP contribution in [0.4, 0.5) is 5.69 Å². The van der Waals surface area contributed by atoms with Gasteiger partial charge in [-0.05, 0) is 12.1 Å². The Labute approximate surface area is 92.7 Å². The molecule has 1 saturated heterocycles. The van der Waals surface area contributed by atoms with Crippen LogP contribution in [0, 0.1) is 0 Å². The molecule has 1 aliphatic rings. The molecule has 1 aliphatic heterocycles. The molecule has 2 atom stereocenters. The van der Waals surface area contributed by atoms with Gasteiger partial charge >= 0.3 is 0 Å². The van der Waals surface area contributed by atoms with Gasteiger partial charge in [-0.3, -0.25) is 0 Å². The zero-order valence-electron chi connectivity index (χ0n) is 7.61. The number of aliphatic hydroxyl groups is 1. The van der Waals surface area contributed by atoms with Crippen molar-refractivity contribution in [3.63, 3.8) is 0 Å². The molecule has 0 saturated carbocycles. The summed E-state index contributed by atoms with van der Waals surface area (Å²) in [4.78, 5) is 0. The van der Waals surface area contributed by atoms with Crippen molar-refractivity contribution in [1.82, 2.24) is 0 Å². The normalized spacial score (nSPS) is 26.4. The summed E-state index contributed by atoms with van der Waals surface area (Å²) in [6.45, 7) is 0. The van der Waals surface area contributed by atoms with Gasteiger partial charge < -0.3 is 10.4 Å². The molecule has 0 spiro atoms. The van der Waals surface area contributed by atoms with Gasteiger partial charge in [-0.25, -0.2) is 0 Å². The Hall–Kier alpha value is -0.380. The van der Waals surface area contributed by atoms with E-state index in [2.05, 4.69) is 5.32 Å². The number of hydrogen-bond acceptors (Lipinski definition) is 3. The second-order valence-corrected chi connectivity index (χ2v) is 4.82. The molecule has 0 aliphatic carbocycles. The molecule has 2 rings (SSSR count). The first kappa shape index (κ1) is 10.1. The van der Waals surface area contributed by atoms with Crippen LogP contribution < -0.4 is 5.32 Å². The Kier molecular flexibility index (Phi) is 3.21. The average molecular weight is 230 g/mol. The first-order chi connectivity index (χ1) is 6.77. The van der Waals surface area contributed by atoms with Gasteiger partial charge in [0.25, 0.3) is 0 Å². The molecule has 76 valence electrons. The van der Waals surface area contributed by atoms with Crippen molar-refractivity contribution in [2.24, 2.45) is 0 Å². The highest BCUT2D eigenvalue weighted by atomic mass is 35.5. The van der Waals surface area contributed by atoms with E-state index in [9.17, 15) is 5.11 Å². The summed E-state index contributed by atoms with van der Waals surface area (Å²) in [6.07, 6.45) is -0.267. The fraction of sp³-hybridized carbons (Fsp3) is 0.400. The van der Waals surface area contributed by atoms with E-state index < -0.39 is 0 Å². The molecule has 0 amide bonds. The van der Waals surface area contributed by atoms with Crippen molar-refractivity contribution in [3.8, 4) is 0 Å². The van der Waals surface area contributed by atoms with Crippen LogP contribution >= 0.6 is 23.4 Å². The molecule has 1 fully saturated rings. The number of thioether (sulfide) groups is 1. The first-order valence-corrected chi connectivity index (χ1v) is 6.07. The SMILES string of the molecule is O[C@@H]1CSC[C@@H]1Nc1ccccc1Cl. The summed E-state index contributed by atoms with van der Waals surface area (Å²) in [5.41, 5.74) is 0.903. The van der Waals surface area contributed by atoms with E-state index in [-0.39, 0.29) is 12.1 Å². The van der Waals surface area contributed by atoms with Crippen LogP contribution in [0.3, 0.4) is 0 Å². The standard InChI is InChI=1S/C10H12ClNOS/c11-7-3-1-2-4-8(7)12-9-5-14-6-10(9)13/h1-4,9-10,12-13H,5-6H2/t9-,10+/m0/s1. The van der Waals surface area contributed by atoms with Gasteiger partial charge in [0, 0.05) is 11.5 Å². The van der Waals surface area contributed by atoms with Crippen LogP contribution in [0.5, 0.6) is 0 Å². The van der Waals surface area contributed by atoms with Gasteiger partial charge in [-0.1, -0.05) is 23.7 Å². The lowest BCUT2D eigenvalue weighted by atomic mass is 10.2. The topological polar surface area (TPSA) is 32.3 Å². The molecule has 4 heteroatoms. The Morgan fingerprint density at radius 2 is 2.14 bits per heavy atom. The third-order valence-electron chi connectivity index (χ3n) is 2.27. The van der Waals surface area contributed by atoms with Crippen LogP contribution in [0.2, 0.25) is 5.02 Å². The summed E-state index contributed by atoms with van der Waals surface area (Å²) in [5.74, 6) is 1.74. The predicted octanol–water partition coefficient (Wildman–Crippen LogP) is 2.23. The van der Waals surface area contributed by atoms with Crippen LogP contribution in [0.15, 0.2) is 24.3 Å². The molecule has 0 aromatic heterocycles. The third-order valence-corrected chi connectivity index (χ3v) is 3.77. The molecular weight excluding hydrogens is 218 g/mol.